The molecule has 2 aromatic rings. The van der Waals surface area contributed by atoms with E-state index in [1.165, 1.54) is 5.56 Å². The van der Waals surface area contributed by atoms with Crippen LogP contribution in [0, 0.1) is 13.8 Å². The fourth-order valence-electron chi connectivity index (χ4n) is 3.17. The van der Waals surface area contributed by atoms with Gasteiger partial charge in [0.25, 0.3) is 0 Å². The molecule has 0 aromatic carbocycles. The van der Waals surface area contributed by atoms with Gasteiger partial charge in [0.05, 0.1) is 17.8 Å². The summed E-state index contributed by atoms with van der Waals surface area (Å²) < 4.78 is 5.55. The third-order valence-electron chi connectivity index (χ3n) is 4.05. The lowest BCUT2D eigenvalue weighted by Crippen LogP contribution is -2.26. The van der Waals surface area contributed by atoms with E-state index in [-0.39, 0.29) is 12.1 Å². The first-order chi connectivity index (χ1) is 10.2. The number of aromatic amines is 1. The van der Waals surface area contributed by atoms with Gasteiger partial charge in [-0.05, 0) is 38.0 Å². The average Bonchev–Trinajstić information content (AvgIpc) is 3.05. The predicted octanol–water partition coefficient (Wildman–Crippen LogP) is 2.38. The van der Waals surface area contributed by atoms with Gasteiger partial charge in [-0.3, -0.25) is 9.88 Å². The quantitative estimate of drug-likeness (QED) is 0.937. The molecule has 0 amide bonds. The van der Waals surface area contributed by atoms with Gasteiger partial charge < -0.3 is 9.72 Å². The molecule has 3 rings (SSSR count). The Balaban J connectivity index is 1.81. The highest BCUT2D eigenvalue weighted by molar-refractivity contribution is 5.20. The molecule has 0 unspecified atom stereocenters. The monoisotopic (exact) mass is 286 g/mol. The van der Waals surface area contributed by atoms with Crippen molar-refractivity contribution in [3.05, 3.63) is 47.3 Å². The lowest BCUT2D eigenvalue weighted by atomic mass is 10.1. The van der Waals surface area contributed by atoms with E-state index in [4.69, 9.17) is 4.74 Å². The minimum Gasteiger partial charge on any atom is -0.380 e. The summed E-state index contributed by atoms with van der Waals surface area (Å²) in [6, 6.07) is 4.54. The van der Waals surface area contributed by atoms with Crippen LogP contribution in [0.2, 0.25) is 0 Å². The number of ether oxygens (including phenoxy) is 1. The summed E-state index contributed by atoms with van der Waals surface area (Å²) in [4.78, 5) is 14.7. The SMILES string of the molecule is CO[C@@H]1C[C@@H](c2ncc[nH]2)N(Cc2cc(C)cc(C)n2)C1. The van der Waals surface area contributed by atoms with Crippen molar-refractivity contribution >= 4 is 0 Å². The highest BCUT2D eigenvalue weighted by atomic mass is 16.5. The van der Waals surface area contributed by atoms with Gasteiger partial charge >= 0.3 is 0 Å². The number of methoxy groups -OCH3 is 1. The second-order valence-corrected chi connectivity index (χ2v) is 5.79. The van der Waals surface area contributed by atoms with Gasteiger partial charge in [-0.2, -0.15) is 0 Å². The molecule has 1 aliphatic rings. The third-order valence-corrected chi connectivity index (χ3v) is 4.05. The summed E-state index contributed by atoms with van der Waals surface area (Å²) in [5, 5.41) is 0. The molecule has 1 fully saturated rings. The van der Waals surface area contributed by atoms with E-state index in [0.29, 0.717) is 0 Å². The summed E-state index contributed by atoms with van der Waals surface area (Å²) in [6.07, 6.45) is 4.91. The Hall–Kier alpha value is -1.72. The van der Waals surface area contributed by atoms with E-state index in [2.05, 4.69) is 38.9 Å². The second kappa shape index (κ2) is 5.95. The molecular weight excluding hydrogens is 264 g/mol. The molecule has 21 heavy (non-hydrogen) atoms. The minimum absolute atomic E-state index is 0.256. The summed E-state index contributed by atoms with van der Waals surface area (Å²) >= 11 is 0. The van der Waals surface area contributed by atoms with Crippen LogP contribution in [-0.2, 0) is 11.3 Å². The number of H-pyrrole nitrogens is 1. The standard InChI is InChI=1S/C16H22N4O/c1-11-6-12(2)19-13(7-11)9-20-10-14(21-3)8-15(20)16-17-4-5-18-16/h4-7,14-15H,8-10H2,1-3H3,(H,17,18)/t14-,15+/m1/s1. The first kappa shape index (κ1) is 14.2. The van der Waals surface area contributed by atoms with Crippen LogP contribution in [0.15, 0.2) is 24.5 Å². The highest BCUT2D eigenvalue weighted by Gasteiger charge is 2.34. The van der Waals surface area contributed by atoms with Gasteiger partial charge in [0, 0.05) is 38.3 Å². The van der Waals surface area contributed by atoms with Crippen LogP contribution in [0.3, 0.4) is 0 Å². The molecule has 0 bridgehead atoms. The van der Waals surface area contributed by atoms with E-state index in [9.17, 15) is 0 Å². The maximum Gasteiger partial charge on any atom is 0.123 e. The van der Waals surface area contributed by atoms with Crippen molar-refractivity contribution in [1.29, 1.82) is 0 Å². The molecular formula is C16H22N4O. The normalized spacial score (nSPS) is 22.8. The van der Waals surface area contributed by atoms with Crippen molar-refractivity contribution in [2.75, 3.05) is 13.7 Å². The predicted molar refractivity (Wildman–Crippen MR) is 80.9 cm³/mol. The summed E-state index contributed by atoms with van der Waals surface area (Å²) in [7, 11) is 1.78. The molecule has 0 radical (unpaired) electrons. The van der Waals surface area contributed by atoms with Gasteiger partial charge in [0.15, 0.2) is 0 Å². The number of hydrogen-bond acceptors (Lipinski definition) is 4. The first-order valence-electron chi connectivity index (χ1n) is 7.36. The maximum absolute atomic E-state index is 5.55. The van der Waals surface area contributed by atoms with Gasteiger partial charge in [-0.1, -0.05) is 0 Å². The van der Waals surface area contributed by atoms with Crippen LogP contribution < -0.4 is 0 Å². The first-order valence-corrected chi connectivity index (χ1v) is 7.36. The lowest BCUT2D eigenvalue weighted by Gasteiger charge is -2.22. The van der Waals surface area contributed by atoms with Crippen LogP contribution in [0.5, 0.6) is 0 Å². The number of pyridine rings is 1. The highest BCUT2D eigenvalue weighted by Crippen LogP contribution is 2.32. The van der Waals surface area contributed by atoms with Gasteiger partial charge in [0.1, 0.15) is 5.82 Å². The Morgan fingerprint density at radius 3 is 2.90 bits per heavy atom. The van der Waals surface area contributed by atoms with Crippen molar-refractivity contribution < 1.29 is 4.74 Å². The zero-order valence-corrected chi connectivity index (χ0v) is 12.8. The molecule has 0 saturated carbocycles. The third kappa shape index (κ3) is 3.14. The zero-order valence-electron chi connectivity index (χ0n) is 12.8. The molecule has 5 nitrogen and oxygen atoms in total. The number of hydrogen-bond donors (Lipinski definition) is 1. The Labute approximate surface area is 125 Å². The molecule has 1 aliphatic heterocycles. The molecule has 2 atom stereocenters. The fourth-order valence-corrected chi connectivity index (χ4v) is 3.17. The molecule has 1 N–H and O–H groups in total. The second-order valence-electron chi connectivity index (χ2n) is 5.79. The van der Waals surface area contributed by atoms with Crippen molar-refractivity contribution in [2.45, 2.75) is 39.0 Å². The van der Waals surface area contributed by atoms with Crippen LogP contribution in [-0.4, -0.2) is 39.6 Å². The molecule has 1 saturated heterocycles. The van der Waals surface area contributed by atoms with E-state index in [0.717, 1.165) is 36.7 Å². The minimum atomic E-state index is 0.256. The van der Waals surface area contributed by atoms with Gasteiger partial charge in [-0.15, -0.1) is 0 Å². The smallest absolute Gasteiger partial charge is 0.123 e. The van der Waals surface area contributed by atoms with Crippen LogP contribution >= 0.6 is 0 Å². The largest absolute Gasteiger partial charge is 0.380 e. The molecule has 0 aliphatic carbocycles. The van der Waals surface area contributed by atoms with E-state index >= 15 is 0 Å². The molecule has 0 spiro atoms. The number of nitrogens with one attached hydrogen (secondary N) is 1. The Kier molecular flexibility index (Phi) is 4.03. The Bertz CT molecular complexity index is 576. The number of rotatable bonds is 4. The van der Waals surface area contributed by atoms with Crippen LogP contribution in [0.1, 0.15) is 35.2 Å². The molecule has 3 heterocycles. The van der Waals surface area contributed by atoms with Crippen molar-refractivity contribution in [1.82, 2.24) is 19.9 Å². The van der Waals surface area contributed by atoms with Crippen LogP contribution in [0.4, 0.5) is 0 Å². The number of aromatic nitrogens is 3. The summed E-state index contributed by atoms with van der Waals surface area (Å²) in [5.41, 5.74) is 3.44. The van der Waals surface area contributed by atoms with E-state index < -0.39 is 0 Å². The van der Waals surface area contributed by atoms with Gasteiger partial charge in [-0.25, -0.2) is 4.98 Å². The number of aryl methyl sites for hydroxylation is 2. The molecule has 2 aromatic heterocycles. The summed E-state index contributed by atoms with van der Waals surface area (Å²) in [5.74, 6) is 1.01. The van der Waals surface area contributed by atoms with Crippen molar-refractivity contribution in [3.63, 3.8) is 0 Å². The molecule has 5 heteroatoms. The Morgan fingerprint density at radius 2 is 2.24 bits per heavy atom. The maximum atomic E-state index is 5.55. The van der Waals surface area contributed by atoms with Crippen molar-refractivity contribution in [3.8, 4) is 0 Å². The lowest BCUT2D eigenvalue weighted by molar-refractivity contribution is 0.107. The number of likely N-dealkylation sites (tertiary alicyclic amines) is 1. The number of imidazole rings is 1. The van der Waals surface area contributed by atoms with Crippen LogP contribution in [0.25, 0.3) is 0 Å². The zero-order chi connectivity index (χ0) is 14.8. The number of nitrogens with zero attached hydrogens (tertiary/aromatic N) is 3. The van der Waals surface area contributed by atoms with E-state index in [1.54, 1.807) is 7.11 Å². The topological polar surface area (TPSA) is 54.0 Å². The fraction of sp³-hybridized carbons (Fsp3) is 0.500. The van der Waals surface area contributed by atoms with E-state index in [1.807, 2.05) is 19.3 Å². The van der Waals surface area contributed by atoms with Gasteiger partial charge in [0.2, 0.25) is 0 Å². The summed E-state index contributed by atoms with van der Waals surface area (Å²) in [6.45, 7) is 5.90. The Morgan fingerprint density at radius 1 is 1.38 bits per heavy atom. The molecule has 112 valence electrons. The average molecular weight is 286 g/mol. The van der Waals surface area contributed by atoms with Crippen molar-refractivity contribution in [2.24, 2.45) is 0 Å².